The molecule has 0 aromatic heterocycles. The number of ether oxygens (including phenoxy) is 1. The van der Waals surface area contributed by atoms with Gasteiger partial charge in [-0.15, -0.1) is 6.58 Å². The van der Waals surface area contributed by atoms with Gasteiger partial charge in [-0.3, -0.25) is 19.6 Å². The third-order valence-corrected chi connectivity index (χ3v) is 13.0. The van der Waals surface area contributed by atoms with Crippen LogP contribution in [0.1, 0.15) is 63.6 Å². The molecule has 10 nitrogen and oxygen atoms in total. The highest BCUT2D eigenvalue weighted by molar-refractivity contribution is 7.91. The summed E-state index contributed by atoms with van der Waals surface area (Å²) in [5.74, 6) is -0.885. The molecule has 3 aromatic carbocycles. The van der Waals surface area contributed by atoms with Crippen molar-refractivity contribution in [3.05, 3.63) is 101 Å². The van der Waals surface area contributed by atoms with Gasteiger partial charge in [0.2, 0.25) is 15.9 Å². The van der Waals surface area contributed by atoms with Crippen LogP contribution in [0.2, 0.25) is 5.02 Å². The second-order valence-corrected chi connectivity index (χ2v) is 18.4. The summed E-state index contributed by atoms with van der Waals surface area (Å²) in [6.07, 6.45) is -3.60. The van der Waals surface area contributed by atoms with Crippen molar-refractivity contribution in [3.63, 3.8) is 0 Å². The highest BCUT2D eigenvalue weighted by Gasteiger charge is 2.62. The van der Waals surface area contributed by atoms with Crippen LogP contribution in [0, 0.1) is 11.3 Å². The van der Waals surface area contributed by atoms with E-state index in [-0.39, 0.29) is 25.1 Å². The maximum absolute atomic E-state index is 14.7. The molecule has 1 aliphatic heterocycles. The number of benzene rings is 3. The number of hydrogen-bond acceptors (Lipinski definition) is 8. The highest BCUT2D eigenvalue weighted by atomic mass is 35.5. The molecular weight excluding hydrogens is 745 g/mol. The van der Waals surface area contributed by atoms with Gasteiger partial charge in [-0.25, -0.2) is 8.42 Å². The highest BCUT2D eigenvalue weighted by Crippen LogP contribution is 2.47. The summed E-state index contributed by atoms with van der Waals surface area (Å²) in [5, 5.41) is 18.5. The van der Waals surface area contributed by atoms with E-state index in [2.05, 4.69) is 21.9 Å². The molecule has 2 amide bonds. The number of hydrogen-bond donors (Lipinski definition) is 4. The van der Waals surface area contributed by atoms with E-state index in [1.54, 1.807) is 70.2 Å². The number of nitrogens with one attached hydrogen (secondary N) is 3. The maximum atomic E-state index is 14.7. The lowest BCUT2D eigenvalue weighted by Crippen LogP contribution is -2.63. The number of sulfonamides is 1. The van der Waals surface area contributed by atoms with Gasteiger partial charge in [0.05, 0.1) is 16.4 Å². The smallest absolute Gasteiger partial charge is 0.416 e. The normalized spacial score (nSPS) is 23.0. The Balaban J connectivity index is 1.33. The van der Waals surface area contributed by atoms with Gasteiger partial charge in [0.15, 0.2) is 0 Å². The van der Waals surface area contributed by atoms with E-state index < -0.39 is 73.5 Å². The number of carbonyl (C=O) groups excluding carboxylic acids is 2. The first-order valence-electron chi connectivity index (χ1n) is 17.6. The standard InChI is InChI=1S/C39H44ClF3N4O6S/c1-6-25-21-38(25,35(50)46-54(51,52)37(5)15-16-37)45-33(48)31-18-24-17-30(53-29-12-8-10-27(40)20-29)14-13-23(24)22-47(31)34(49)32(36(2,3)4)44-28-11-7-9-26(19-28)39(41,42)43/h6-14,17,19-20,25,31-33,44-45,48H,1,15-16,18,21-22H2,2-5H3,(H,46,50)/t25-,31-,32-,33?,38-/m1/s1. The van der Waals surface area contributed by atoms with Crippen molar-refractivity contribution in [2.45, 2.75) is 94.7 Å². The number of aliphatic hydroxyl groups is 1. The number of rotatable bonds is 12. The number of alkyl halides is 3. The largest absolute Gasteiger partial charge is 0.457 e. The van der Waals surface area contributed by atoms with Gasteiger partial charge in [-0.2, -0.15) is 13.2 Å². The Morgan fingerprint density at radius 2 is 1.72 bits per heavy atom. The van der Waals surface area contributed by atoms with Gasteiger partial charge in [0.1, 0.15) is 29.3 Å². The van der Waals surface area contributed by atoms with Crippen LogP contribution in [0.15, 0.2) is 79.4 Å². The van der Waals surface area contributed by atoms with Crippen molar-refractivity contribution >= 4 is 39.1 Å². The van der Waals surface area contributed by atoms with Crippen molar-refractivity contribution in [1.82, 2.24) is 14.9 Å². The fourth-order valence-corrected chi connectivity index (χ4v) is 8.30. The zero-order chi connectivity index (χ0) is 39.4. The Kier molecular flexibility index (Phi) is 10.4. The minimum atomic E-state index is -4.60. The zero-order valence-corrected chi connectivity index (χ0v) is 31.9. The predicted octanol–water partition coefficient (Wildman–Crippen LogP) is 6.78. The molecule has 54 heavy (non-hydrogen) atoms. The SMILES string of the molecule is C=C[C@@H]1C[C@]1(NC(O)[C@H]1Cc2cc(Oc3cccc(Cl)c3)ccc2CN1C(=O)[C@@H](Nc1cccc(C(F)(F)F)c1)C(C)(C)C)C(=O)NS(=O)(=O)C1(C)CC1. The van der Waals surface area contributed by atoms with Crippen LogP contribution in [0.3, 0.4) is 0 Å². The Morgan fingerprint density at radius 3 is 2.33 bits per heavy atom. The molecule has 3 aromatic rings. The average Bonchev–Trinajstić information content (AvgIpc) is 4.02. The van der Waals surface area contributed by atoms with E-state index in [9.17, 15) is 36.3 Å². The maximum Gasteiger partial charge on any atom is 0.416 e. The van der Waals surface area contributed by atoms with Crippen molar-refractivity contribution in [1.29, 1.82) is 0 Å². The summed E-state index contributed by atoms with van der Waals surface area (Å²) in [6.45, 7) is 10.7. The van der Waals surface area contributed by atoms with Crippen LogP contribution in [-0.2, 0) is 38.8 Å². The van der Waals surface area contributed by atoms with Crippen LogP contribution < -0.4 is 20.1 Å². The fourth-order valence-electron chi connectivity index (χ4n) is 6.81. The van der Waals surface area contributed by atoms with E-state index in [0.717, 1.165) is 23.3 Å². The monoisotopic (exact) mass is 788 g/mol. The van der Waals surface area contributed by atoms with Crippen LogP contribution in [0.5, 0.6) is 11.5 Å². The molecule has 0 radical (unpaired) electrons. The Hall–Kier alpha value is -4.11. The molecule has 0 bridgehead atoms. The van der Waals surface area contributed by atoms with Gasteiger partial charge >= 0.3 is 6.18 Å². The number of nitrogens with zero attached hydrogens (tertiary/aromatic N) is 1. The summed E-state index contributed by atoms with van der Waals surface area (Å²) < 4.78 is 74.2. The molecule has 0 spiro atoms. The van der Waals surface area contributed by atoms with Gasteiger partial charge in [0.25, 0.3) is 5.91 Å². The summed E-state index contributed by atoms with van der Waals surface area (Å²) in [4.78, 5) is 29.9. The lowest BCUT2D eigenvalue weighted by atomic mass is 9.83. The van der Waals surface area contributed by atoms with E-state index in [4.69, 9.17) is 16.3 Å². The van der Waals surface area contributed by atoms with Gasteiger partial charge in [-0.1, -0.05) is 56.6 Å². The quantitative estimate of drug-likeness (QED) is 0.117. The predicted molar refractivity (Wildman–Crippen MR) is 199 cm³/mol. The first kappa shape index (κ1) is 39.6. The average molecular weight is 789 g/mol. The van der Waals surface area contributed by atoms with Crippen LogP contribution in [-0.4, -0.2) is 58.8 Å². The fraction of sp³-hybridized carbons (Fsp3) is 0.436. The van der Waals surface area contributed by atoms with Crippen LogP contribution in [0.25, 0.3) is 0 Å². The topological polar surface area (TPSA) is 137 Å². The first-order valence-corrected chi connectivity index (χ1v) is 19.5. The molecule has 2 fully saturated rings. The minimum Gasteiger partial charge on any atom is -0.457 e. The third kappa shape index (κ3) is 8.12. The van der Waals surface area contributed by atoms with Gasteiger partial charge in [0, 0.05) is 23.2 Å². The zero-order valence-electron chi connectivity index (χ0n) is 30.3. The van der Waals surface area contributed by atoms with E-state index >= 15 is 0 Å². The lowest BCUT2D eigenvalue weighted by Gasteiger charge is -2.44. The van der Waals surface area contributed by atoms with Crippen molar-refractivity contribution in [2.24, 2.45) is 11.3 Å². The molecule has 6 rings (SSSR count). The molecule has 5 atom stereocenters. The summed E-state index contributed by atoms with van der Waals surface area (Å²) >= 11 is 6.15. The number of carbonyl (C=O) groups is 2. The van der Waals surface area contributed by atoms with Crippen molar-refractivity contribution < 1.29 is 41.0 Å². The van der Waals surface area contributed by atoms with Crippen LogP contribution >= 0.6 is 11.6 Å². The molecule has 1 heterocycles. The molecule has 0 saturated heterocycles. The van der Waals surface area contributed by atoms with E-state index in [1.807, 2.05) is 0 Å². The molecule has 290 valence electrons. The van der Waals surface area contributed by atoms with Crippen LogP contribution in [0.4, 0.5) is 18.9 Å². The van der Waals surface area contributed by atoms with Crippen molar-refractivity contribution in [2.75, 3.05) is 5.32 Å². The summed E-state index contributed by atoms with van der Waals surface area (Å²) in [6, 6.07) is 14.7. The van der Waals surface area contributed by atoms with E-state index in [0.29, 0.717) is 29.4 Å². The number of aliphatic hydroxyl groups excluding tert-OH is 1. The Bertz CT molecular complexity index is 2070. The molecule has 3 aliphatic rings. The van der Waals surface area contributed by atoms with Crippen molar-refractivity contribution in [3.8, 4) is 11.5 Å². The number of amides is 2. The first-order chi connectivity index (χ1) is 25.2. The number of halogens is 4. The number of fused-ring (bicyclic) bond motifs is 1. The van der Waals surface area contributed by atoms with E-state index in [1.165, 1.54) is 23.1 Å². The second-order valence-electron chi connectivity index (χ2n) is 15.7. The molecule has 15 heteroatoms. The Morgan fingerprint density at radius 1 is 1.04 bits per heavy atom. The van der Waals surface area contributed by atoms with Gasteiger partial charge < -0.3 is 20.1 Å². The molecule has 1 unspecified atom stereocenters. The lowest BCUT2D eigenvalue weighted by molar-refractivity contribution is -0.142. The van der Waals surface area contributed by atoms with Gasteiger partial charge in [-0.05, 0) is 97.7 Å². The third-order valence-electron chi connectivity index (χ3n) is 10.6. The molecule has 2 aliphatic carbocycles. The summed E-state index contributed by atoms with van der Waals surface area (Å²) in [7, 11) is -4.01. The minimum absolute atomic E-state index is 0.00267. The molecular formula is C39H44ClF3N4O6S. The molecule has 2 saturated carbocycles. The molecule has 4 N–H and O–H groups in total. The number of anilines is 1. The second kappa shape index (κ2) is 14.2. The Labute approximate surface area is 318 Å². The summed E-state index contributed by atoms with van der Waals surface area (Å²) in [5.41, 5.74) is -1.67.